The Morgan fingerprint density at radius 3 is 1.55 bits per heavy atom. The summed E-state index contributed by atoms with van der Waals surface area (Å²) in [6.07, 6.45) is 1.90. The molecule has 0 radical (unpaired) electrons. The molecule has 0 atom stereocenters. The number of hydrogen-bond donors (Lipinski definition) is 0. The SMILES string of the molecule is [Ir+3].[Ir+3].[Ir+3].c1ccc(-c2ccc3c(c2)c2cc(-c4ccccc4)ccc2n3-c2cccc(-c3nccc4ccccc34)c2)cc1. The third-order valence-electron chi connectivity index (χ3n) is 8.03. The topological polar surface area (TPSA) is 17.8 Å². The molecule has 0 bridgehead atoms. The molecule has 0 aliphatic heterocycles. The van der Waals surface area contributed by atoms with Gasteiger partial charge in [0.15, 0.2) is 0 Å². The van der Waals surface area contributed by atoms with Gasteiger partial charge in [-0.3, -0.25) is 4.98 Å². The first-order chi connectivity index (χ1) is 20.3. The largest absolute Gasteiger partial charge is 3.00 e. The number of pyridine rings is 1. The van der Waals surface area contributed by atoms with Crippen molar-refractivity contribution >= 4 is 32.6 Å². The van der Waals surface area contributed by atoms with E-state index in [0.29, 0.717) is 0 Å². The Labute approximate surface area is 297 Å². The fourth-order valence-corrected chi connectivity index (χ4v) is 6.06. The van der Waals surface area contributed by atoms with E-state index in [1.165, 1.54) is 49.4 Å². The van der Waals surface area contributed by atoms with Crippen molar-refractivity contribution in [3.05, 3.63) is 158 Å². The van der Waals surface area contributed by atoms with E-state index in [2.05, 4.69) is 156 Å². The van der Waals surface area contributed by atoms with Crippen molar-refractivity contribution in [1.82, 2.24) is 9.55 Å². The van der Waals surface area contributed by atoms with Crippen LogP contribution in [0.15, 0.2) is 158 Å². The molecule has 2 nitrogen and oxygen atoms in total. The second kappa shape index (κ2) is 13.6. The van der Waals surface area contributed by atoms with Crippen LogP contribution in [0.1, 0.15) is 0 Å². The molecule has 0 amide bonds. The summed E-state index contributed by atoms with van der Waals surface area (Å²) in [5, 5.41) is 4.84. The number of fused-ring (bicyclic) bond motifs is 4. The Morgan fingerprint density at radius 1 is 0.386 bits per heavy atom. The van der Waals surface area contributed by atoms with Crippen molar-refractivity contribution in [2.75, 3.05) is 0 Å². The summed E-state index contributed by atoms with van der Waals surface area (Å²) >= 11 is 0. The zero-order valence-electron chi connectivity index (χ0n) is 23.4. The van der Waals surface area contributed by atoms with Gasteiger partial charge in [0.2, 0.25) is 0 Å². The number of benzene rings is 6. The van der Waals surface area contributed by atoms with Crippen molar-refractivity contribution in [2.24, 2.45) is 0 Å². The predicted octanol–water partition coefficient (Wildman–Crippen LogP) is 10.3. The third kappa shape index (κ3) is 5.69. The standard InChI is InChI=1S/C39H26N2.3Ir/c1-3-10-27(11-4-1)30-18-20-37-35(25-30)36-26-31(28-12-5-2-6-13-28)19-21-38(36)41(37)33-16-9-15-32(24-33)39-34-17-8-7-14-29(34)22-23-40-39;;;/h1-26H;;;/q;3*+3. The van der Waals surface area contributed by atoms with Gasteiger partial charge >= 0.3 is 60.3 Å². The summed E-state index contributed by atoms with van der Waals surface area (Å²) in [6, 6.07) is 54.2. The molecular formula is C39H26Ir3N2+9. The molecular weight excluding hydrogens is 1070 g/mol. The van der Waals surface area contributed by atoms with Crippen molar-refractivity contribution in [3.8, 4) is 39.2 Å². The molecule has 2 heterocycles. The van der Waals surface area contributed by atoms with Gasteiger partial charge in [-0.15, -0.1) is 0 Å². The van der Waals surface area contributed by atoms with Gasteiger partial charge in [0.1, 0.15) is 0 Å². The van der Waals surface area contributed by atoms with Crippen molar-refractivity contribution in [1.29, 1.82) is 0 Å². The fourth-order valence-electron chi connectivity index (χ4n) is 6.06. The van der Waals surface area contributed by atoms with E-state index in [4.69, 9.17) is 4.98 Å². The van der Waals surface area contributed by atoms with Gasteiger partial charge in [-0.05, 0) is 70.1 Å². The molecule has 0 saturated carbocycles. The Balaban J connectivity index is 0.00000128. The van der Waals surface area contributed by atoms with Crippen molar-refractivity contribution in [3.63, 3.8) is 0 Å². The Hall–Kier alpha value is -3.52. The van der Waals surface area contributed by atoms with Crippen LogP contribution < -0.4 is 0 Å². The summed E-state index contributed by atoms with van der Waals surface area (Å²) in [4.78, 5) is 4.81. The van der Waals surface area contributed by atoms with Crippen molar-refractivity contribution in [2.45, 2.75) is 0 Å². The van der Waals surface area contributed by atoms with Gasteiger partial charge in [-0.1, -0.05) is 109 Å². The van der Waals surface area contributed by atoms with Crippen LogP contribution >= 0.6 is 0 Å². The molecule has 0 unspecified atom stereocenters. The molecule has 210 valence electrons. The van der Waals surface area contributed by atoms with Crippen LogP contribution in [0.4, 0.5) is 0 Å². The van der Waals surface area contributed by atoms with E-state index in [0.717, 1.165) is 22.3 Å². The van der Waals surface area contributed by atoms with Crippen molar-refractivity contribution < 1.29 is 60.3 Å². The van der Waals surface area contributed by atoms with Crippen LogP contribution in [0.3, 0.4) is 0 Å². The van der Waals surface area contributed by atoms with Crippen LogP contribution in [0.25, 0.3) is 71.8 Å². The van der Waals surface area contributed by atoms with Crippen LogP contribution in [0.5, 0.6) is 0 Å². The summed E-state index contributed by atoms with van der Waals surface area (Å²) in [7, 11) is 0. The smallest absolute Gasteiger partial charge is 0.309 e. The summed E-state index contributed by atoms with van der Waals surface area (Å²) in [6.45, 7) is 0. The number of hydrogen-bond acceptors (Lipinski definition) is 1. The molecule has 44 heavy (non-hydrogen) atoms. The Bertz CT molecular complexity index is 2110. The molecule has 0 fully saturated rings. The molecule has 5 heteroatoms. The molecule has 2 aromatic heterocycles. The van der Waals surface area contributed by atoms with Gasteiger partial charge < -0.3 is 4.57 Å². The van der Waals surface area contributed by atoms with E-state index in [1.54, 1.807) is 0 Å². The maximum absolute atomic E-state index is 4.81. The Morgan fingerprint density at radius 2 is 0.932 bits per heavy atom. The van der Waals surface area contributed by atoms with Crippen LogP contribution in [-0.4, -0.2) is 9.55 Å². The minimum absolute atomic E-state index is 0. The first kappa shape index (κ1) is 31.9. The second-order valence-corrected chi connectivity index (χ2v) is 10.5. The number of nitrogens with zero attached hydrogens (tertiary/aromatic N) is 2. The van der Waals surface area contributed by atoms with Gasteiger partial charge in [0.25, 0.3) is 0 Å². The molecule has 0 aliphatic rings. The summed E-state index contributed by atoms with van der Waals surface area (Å²) in [5.41, 5.74) is 10.5. The molecule has 0 aliphatic carbocycles. The van der Waals surface area contributed by atoms with Crippen LogP contribution in [0.2, 0.25) is 0 Å². The third-order valence-corrected chi connectivity index (χ3v) is 8.03. The second-order valence-electron chi connectivity index (χ2n) is 10.5. The monoisotopic (exact) mass is 1100 g/mol. The summed E-state index contributed by atoms with van der Waals surface area (Å²) in [5.74, 6) is 0. The van der Waals surface area contributed by atoms with Crippen LogP contribution in [-0.2, 0) is 60.3 Å². The maximum atomic E-state index is 4.81. The molecule has 6 aromatic carbocycles. The van der Waals surface area contributed by atoms with E-state index in [9.17, 15) is 0 Å². The van der Waals surface area contributed by atoms with E-state index < -0.39 is 0 Å². The zero-order chi connectivity index (χ0) is 27.2. The predicted molar refractivity (Wildman–Crippen MR) is 172 cm³/mol. The first-order valence-electron chi connectivity index (χ1n) is 14.0. The average molecular weight is 1100 g/mol. The maximum Gasteiger partial charge on any atom is 3.00 e. The summed E-state index contributed by atoms with van der Waals surface area (Å²) < 4.78 is 2.39. The molecule has 0 spiro atoms. The number of rotatable bonds is 4. The molecule has 0 N–H and O–H groups in total. The van der Waals surface area contributed by atoms with Gasteiger partial charge in [0.05, 0.1) is 16.7 Å². The van der Waals surface area contributed by atoms with Gasteiger partial charge in [0, 0.05) is 33.6 Å². The Kier molecular flexibility index (Phi) is 9.88. The number of aromatic nitrogens is 2. The molecule has 0 saturated heterocycles. The average Bonchev–Trinajstić information content (AvgIpc) is 3.38. The quantitative estimate of drug-likeness (QED) is 0.172. The zero-order valence-corrected chi connectivity index (χ0v) is 30.6. The van der Waals surface area contributed by atoms with E-state index in [1.807, 2.05) is 6.20 Å². The normalized spacial score (nSPS) is 10.6. The van der Waals surface area contributed by atoms with Gasteiger partial charge in [-0.2, -0.15) is 0 Å². The fraction of sp³-hybridized carbons (Fsp3) is 0. The minimum Gasteiger partial charge on any atom is -0.309 e. The van der Waals surface area contributed by atoms with E-state index in [-0.39, 0.29) is 60.3 Å². The van der Waals surface area contributed by atoms with Crippen LogP contribution in [0, 0.1) is 0 Å². The molecule has 8 aromatic rings. The molecule has 8 rings (SSSR count). The first-order valence-corrected chi connectivity index (χ1v) is 14.0. The minimum atomic E-state index is 0. The van der Waals surface area contributed by atoms with Gasteiger partial charge in [-0.25, -0.2) is 0 Å². The van der Waals surface area contributed by atoms with E-state index >= 15 is 0 Å².